The first-order chi connectivity index (χ1) is 10.8. The van der Waals surface area contributed by atoms with Crippen LogP contribution in [0.5, 0.6) is 0 Å². The van der Waals surface area contributed by atoms with Crippen LogP contribution in [0, 0.1) is 27.7 Å². The number of hydrogen-bond acceptors (Lipinski definition) is 0. The Bertz CT molecular complexity index is 656. The Morgan fingerprint density at radius 2 is 1.43 bits per heavy atom. The van der Waals surface area contributed by atoms with Gasteiger partial charge >= 0.3 is 0 Å². The van der Waals surface area contributed by atoms with Crippen LogP contribution in [0.4, 0.5) is 0 Å². The van der Waals surface area contributed by atoms with Gasteiger partial charge in [-0.2, -0.15) is 10.1 Å². The van der Waals surface area contributed by atoms with Crippen LogP contribution in [0.2, 0.25) is 0 Å². The van der Waals surface area contributed by atoms with Gasteiger partial charge in [0.2, 0.25) is 0 Å². The number of rotatable bonds is 4. The monoisotopic (exact) mass is 386 g/mol. The van der Waals surface area contributed by atoms with E-state index in [0.717, 1.165) is 0 Å². The summed E-state index contributed by atoms with van der Waals surface area (Å²) in [6.45, 7) is 11.6. The summed E-state index contributed by atoms with van der Waals surface area (Å²) in [6, 6.07) is 0. The van der Waals surface area contributed by atoms with Gasteiger partial charge in [0.05, 0.1) is 0 Å². The van der Waals surface area contributed by atoms with E-state index in [-0.39, 0.29) is 6.07 Å². The zero-order valence-corrected chi connectivity index (χ0v) is 19.7. The molecule has 0 N–H and O–H groups in total. The van der Waals surface area contributed by atoms with Crippen LogP contribution in [0.1, 0.15) is 53.1 Å². The van der Waals surface area contributed by atoms with Crippen LogP contribution in [0.3, 0.4) is 0 Å². The average Bonchev–Trinajstić information content (AvgIpc) is 2.95. The molecule has 0 bridgehead atoms. The largest absolute Gasteiger partial charge is 0.184 e. The van der Waals surface area contributed by atoms with E-state index >= 15 is 0 Å². The highest BCUT2D eigenvalue weighted by Gasteiger charge is 2.24. The minimum absolute atomic E-state index is 0.323. The summed E-state index contributed by atoms with van der Waals surface area (Å²) in [4.78, 5) is 0. The Kier molecular flexibility index (Phi) is 7.21. The van der Waals surface area contributed by atoms with Gasteiger partial charge in [0, 0.05) is 5.75 Å². The van der Waals surface area contributed by atoms with Crippen LogP contribution < -0.4 is 0 Å². The van der Waals surface area contributed by atoms with Crippen molar-refractivity contribution in [2.45, 2.75) is 60.3 Å². The SMILES string of the molecule is CCCC(CS(C)=[PH](P)P)=C1Cc2c(C)c(C)c(C)c(C)c2C1. The van der Waals surface area contributed by atoms with Crippen LogP contribution in [-0.4, -0.2) is 12.0 Å². The topological polar surface area (TPSA) is 0 Å². The second-order valence-electron chi connectivity index (χ2n) is 6.95. The molecule has 0 nitrogen and oxygen atoms in total. The Hall–Kier alpha value is 0.600. The van der Waals surface area contributed by atoms with Crippen molar-refractivity contribution in [3.63, 3.8) is 0 Å². The minimum atomic E-state index is -0.323. The summed E-state index contributed by atoms with van der Waals surface area (Å²) in [5.41, 5.74) is 12.9. The highest BCUT2D eigenvalue weighted by atomic mass is 32.8. The molecule has 0 spiro atoms. The fraction of sp³-hybridized carbons (Fsp3) is 0.579. The molecule has 0 fully saturated rings. The Morgan fingerprint density at radius 3 is 1.83 bits per heavy atom. The summed E-state index contributed by atoms with van der Waals surface area (Å²) >= 11 is 0. The lowest BCUT2D eigenvalue weighted by Gasteiger charge is -2.15. The van der Waals surface area contributed by atoms with E-state index in [0.29, 0.717) is 10.1 Å². The second kappa shape index (κ2) is 8.32. The molecule has 0 heterocycles. The van der Waals surface area contributed by atoms with Gasteiger partial charge in [-0.15, -0.1) is 17.9 Å². The Labute approximate surface area is 150 Å². The van der Waals surface area contributed by atoms with Gasteiger partial charge in [0.1, 0.15) is 0 Å². The van der Waals surface area contributed by atoms with Gasteiger partial charge in [-0.25, -0.2) is 0 Å². The fourth-order valence-electron chi connectivity index (χ4n) is 3.68. The van der Waals surface area contributed by atoms with Crippen molar-refractivity contribution in [2.24, 2.45) is 0 Å². The zero-order valence-electron chi connectivity index (χ0n) is 15.6. The molecule has 0 aliphatic heterocycles. The molecule has 0 radical (unpaired) electrons. The number of allylic oxidation sites excluding steroid dienone is 1. The van der Waals surface area contributed by atoms with E-state index < -0.39 is 0 Å². The third kappa shape index (κ3) is 4.23. The molecule has 0 saturated heterocycles. The van der Waals surface area contributed by atoms with Crippen molar-refractivity contribution in [1.82, 2.24) is 0 Å². The van der Waals surface area contributed by atoms with Crippen LogP contribution in [0.15, 0.2) is 11.1 Å². The van der Waals surface area contributed by atoms with Crippen molar-refractivity contribution in [3.05, 3.63) is 44.5 Å². The third-order valence-electron chi connectivity index (χ3n) is 5.58. The maximum Gasteiger partial charge on any atom is 0.00946 e. The van der Waals surface area contributed by atoms with Crippen LogP contribution in [0.25, 0.3) is 0 Å². The third-order valence-corrected chi connectivity index (χ3v) is 17.3. The van der Waals surface area contributed by atoms with Crippen LogP contribution in [-0.2, 0) is 22.9 Å². The van der Waals surface area contributed by atoms with Gasteiger partial charge in [-0.1, -0.05) is 30.6 Å². The molecule has 4 heteroatoms. The van der Waals surface area contributed by atoms with Crippen molar-refractivity contribution in [3.8, 4) is 0 Å². The molecule has 3 atom stereocenters. The van der Waals surface area contributed by atoms with Crippen LogP contribution >= 0.6 is 23.9 Å². The van der Waals surface area contributed by atoms with E-state index in [1.807, 2.05) is 0 Å². The molecule has 1 aromatic rings. The highest BCUT2D eigenvalue weighted by molar-refractivity contribution is 8.63. The normalized spacial score (nSPS) is 15.3. The van der Waals surface area contributed by atoms with Gasteiger partial charge in [0.15, 0.2) is 0 Å². The van der Waals surface area contributed by atoms with Gasteiger partial charge < -0.3 is 0 Å². The minimum Gasteiger partial charge on any atom is -0.184 e. The summed E-state index contributed by atoms with van der Waals surface area (Å²) in [5.74, 6) is 1.33. The number of fused-ring (bicyclic) bond motifs is 1. The lowest BCUT2D eigenvalue weighted by atomic mass is 9.90. The second-order valence-corrected chi connectivity index (χ2v) is 21.1. The Morgan fingerprint density at radius 1 is 0.957 bits per heavy atom. The molecule has 2 rings (SSSR count). The van der Waals surface area contributed by atoms with E-state index in [2.05, 4.69) is 58.7 Å². The molecule has 3 unspecified atom stereocenters. The zero-order chi connectivity index (χ0) is 17.3. The molecule has 0 saturated carbocycles. The maximum absolute atomic E-state index is 3.07. The standard InChI is InChI=1S/C19H33P3S/c1-7-8-16(11-23(6)22(20)21)17-9-18-14(4)12(2)13(3)15(5)19(18)10-17/h22H,7-11,20-21H2,1-6H3. The van der Waals surface area contributed by atoms with Crippen molar-refractivity contribution in [1.29, 1.82) is 0 Å². The lowest BCUT2D eigenvalue weighted by Crippen LogP contribution is -2.02. The van der Waals surface area contributed by atoms with Crippen molar-refractivity contribution < 1.29 is 0 Å². The van der Waals surface area contributed by atoms with Crippen molar-refractivity contribution >= 4 is 34.0 Å². The highest BCUT2D eigenvalue weighted by Crippen LogP contribution is 2.46. The molecule has 1 aliphatic carbocycles. The van der Waals surface area contributed by atoms with E-state index in [1.54, 1.807) is 33.4 Å². The van der Waals surface area contributed by atoms with E-state index in [9.17, 15) is 0 Å². The van der Waals surface area contributed by atoms with E-state index in [4.69, 9.17) is 0 Å². The summed E-state index contributed by atoms with van der Waals surface area (Å²) in [5, 5.41) is 0. The number of hydrogen-bond donors (Lipinski definition) is 0. The Balaban J connectivity index is 2.48. The lowest BCUT2D eigenvalue weighted by molar-refractivity contribution is 0.880. The molecule has 1 aromatic carbocycles. The molecule has 1 aliphatic rings. The molecule has 0 aromatic heterocycles. The first-order valence-corrected chi connectivity index (χ1v) is 16.2. The first kappa shape index (κ1) is 19.9. The summed E-state index contributed by atoms with van der Waals surface area (Å²) < 4.78 is 0. The summed E-state index contributed by atoms with van der Waals surface area (Å²) in [7, 11) is 6.67. The first-order valence-electron chi connectivity index (χ1n) is 8.56. The summed E-state index contributed by atoms with van der Waals surface area (Å²) in [6.07, 6.45) is 7.13. The van der Waals surface area contributed by atoms with E-state index in [1.165, 1.54) is 42.6 Å². The van der Waals surface area contributed by atoms with Gasteiger partial charge in [-0.05, 0) is 86.6 Å². The predicted octanol–water partition coefficient (Wildman–Crippen LogP) is 6.07. The van der Waals surface area contributed by atoms with Crippen molar-refractivity contribution in [2.75, 3.05) is 12.0 Å². The molecular weight excluding hydrogens is 353 g/mol. The number of benzene rings is 1. The maximum atomic E-state index is 3.07. The molecular formula is C19H33P3S. The molecule has 0 amide bonds. The fourth-order valence-corrected chi connectivity index (χ4v) is 7.24. The average molecular weight is 386 g/mol. The molecule has 23 heavy (non-hydrogen) atoms. The quantitative estimate of drug-likeness (QED) is 0.435. The predicted molar refractivity (Wildman–Crippen MR) is 121 cm³/mol. The van der Waals surface area contributed by atoms with Gasteiger partial charge in [-0.3, -0.25) is 0 Å². The smallest absolute Gasteiger partial charge is 0.00946 e. The molecule has 130 valence electrons. The van der Waals surface area contributed by atoms with Gasteiger partial charge in [0.25, 0.3) is 0 Å².